The first kappa shape index (κ1) is 8.60. The van der Waals surface area contributed by atoms with Gasteiger partial charge >= 0.3 is 5.63 Å². The summed E-state index contributed by atoms with van der Waals surface area (Å²) in [6, 6.07) is 1.55. The quantitative estimate of drug-likeness (QED) is 0.776. The van der Waals surface area contributed by atoms with Crippen molar-refractivity contribution in [3.8, 4) is 0 Å². The van der Waals surface area contributed by atoms with E-state index < -0.39 is 0 Å². The summed E-state index contributed by atoms with van der Waals surface area (Å²) in [5.74, 6) is 0.874. The number of hydrogen-bond donors (Lipinski definition) is 1. The molecule has 3 nitrogen and oxygen atoms in total. The van der Waals surface area contributed by atoms with Crippen LogP contribution in [0, 0.1) is 5.92 Å². The number of rotatable bonds is 3. The molecule has 0 aliphatic heterocycles. The maximum Gasteiger partial charge on any atom is 0.357 e. The Morgan fingerprint density at radius 3 is 2.85 bits per heavy atom. The highest BCUT2D eigenvalue weighted by atomic mass is 16.5. The Morgan fingerprint density at radius 2 is 2.23 bits per heavy atom. The van der Waals surface area contributed by atoms with E-state index in [9.17, 15) is 4.79 Å². The van der Waals surface area contributed by atoms with Crippen molar-refractivity contribution in [3.63, 3.8) is 0 Å². The van der Waals surface area contributed by atoms with Crippen LogP contribution in [-0.4, -0.2) is 5.16 Å². The number of H-pyrrole nitrogens is 1. The van der Waals surface area contributed by atoms with E-state index in [1.807, 2.05) is 0 Å². The van der Waals surface area contributed by atoms with Gasteiger partial charge in [-0.25, -0.2) is 9.95 Å². The van der Waals surface area contributed by atoms with Crippen molar-refractivity contribution in [2.75, 3.05) is 0 Å². The van der Waals surface area contributed by atoms with E-state index >= 15 is 0 Å². The van der Waals surface area contributed by atoms with Crippen molar-refractivity contribution < 1.29 is 4.52 Å². The van der Waals surface area contributed by atoms with Crippen molar-refractivity contribution in [1.29, 1.82) is 0 Å². The van der Waals surface area contributed by atoms with Crippen LogP contribution in [0.1, 0.15) is 37.8 Å². The number of aromatic amines is 1. The van der Waals surface area contributed by atoms with Crippen LogP contribution >= 0.6 is 0 Å². The summed E-state index contributed by atoms with van der Waals surface area (Å²) in [6.07, 6.45) is 7.63. The van der Waals surface area contributed by atoms with Gasteiger partial charge in [0.15, 0.2) is 0 Å². The summed E-state index contributed by atoms with van der Waals surface area (Å²) in [5, 5.41) is 2.64. The molecule has 0 unspecified atom stereocenters. The lowest BCUT2D eigenvalue weighted by molar-refractivity contribution is 0.381. The molecule has 1 heterocycles. The van der Waals surface area contributed by atoms with Crippen LogP contribution in [0.15, 0.2) is 15.4 Å². The highest BCUT2D eigenvalue weighted by Gasteiger charge is 2.14. The Hall–Kier alpha value is -0.990. The van der Waals surface area contributed by atoms with Gasteiger partial charge in [-0.1, -0.05) is 25.7 Å². The van der Waals surface area contributed by atoms with E-state index in [0.717, 1.165) is 18.0 Å². The molecule has 3 heteroatoms. The molecule has 0 aromatic carbocycles. The third-order valence-electron chi connectivity index (χ3n) is 2.87. The van der Waals surface area contributed by atoms with Crippen LogP contribution < -0.4 is 5.63 Å². The molecule has 1 aliphatic rings. The minimum Gasteiger partial charge on any atom is -0.339 e. The largest absolute Gasteiger partial charge is 0.357 e. The predicted molar refractivity (Wildman–Crippen MR) is 49.6 cm³/mol. The predicted octanol–water partition coefficient (Wildman–Crippen LogP) is 2.09. The van der Waals surface area contributed by atoms with Crippen molar-refractivity contribution in [2.24, 2.45) is 5.92 Å². The number of hydrogen-bond acceptors (Lipinski definition) is 2. The summed E-state index contributed by atoms with van der Waals surface area (Å²) >= 11 is 0. The molecule has 0 spiro atoms. The van der Waals surface area contributed by atoms with Gasteiger partial charge in [0.1, 0.15) is 0 Å². The van der Waals surface area contributed by atoms with Crippen LogP contribution in [0.3, 0.4) is 0 Å². The minimum atomic E-state index is -0.263. The Bertz CT molecular complexity index is 307. The van der Waals surface area contributed by atoms with E-state index in [4.69, 9.17) is 0 Å². The molecule has 1 fully saturated rings. The smallest absolute Gasteiger partial charge is 0.339 e. The minimum absolute atomic E-state index is 0.263. The van der Waals surface area contributed by atoms with Gasteiger partial charge < -0.3 is 4.52 Å². The van der Waals surface area contributed by atoms with E-state index in [0.29, 0.717) is 0 Å². The van der Waals surface area contributed by atoms with Crippen LogP contribution in [0.2, 0.25) is 0 Å². The lowest BCUT2D eigenvalue weighted by Gasteiger charge is -2.05. The highest BCUT2D eigenvalue weighted by molar-refractivity contribution is 4.96. The molecule has 0 radical (unpaired) electrons. The molecule has 0 bridgehead atoms. The van der Waals surface area contributed by atoms with Crippen LogP contribution in [0.25, 0.3) is 0 Å². The third-order valence-corrected chi connectivity index (χ3v) is 2.87. The van der Waals surface area contributed by atoms with Gasteiger partial charge in [0.05, 0.1) is 5.69 Å². The lowest BCUT2D eigenvalue weighted by Crippen LogP contribution is -1.96. The molecule has 1 aromatic heterocycles. The fourth-order valence-corrected chi connectivity index (χ4v) is 2.10. The molecule has 0 saturated heterocycles. The standard InChI is InChI=1S/C10H15NO2/c12-10-7-9(11-13-10)6-5-8-3-1-2-4-8/h7-8,11H,1-6H2. The normalized spacial score (nSPS) is 18.2. The number of nitrogens with one attached hydrogen (secondary N) is 1. The first-order valence-electron chi connectivity index (χ1n) is 5.02. The zero-order valence-corrected chi connectivity index (χ0v) is 7.71. The average molecular weight is 181 g/mol. The number of aryl methyl sites for hydroxylation is 1. The van der Waals surface area contributed by atoms with Gasteiger partial charge in [-0.05, 0) is 18.8 Å². The Kier molecular flexibility index (Phi) is 2.52. The highest BCUT2D eigenvalue weighted by Crippen LogP contribution is 2.28. The van der Waals surface area contributed by atoms with Crippen LogP contribution in [0.4, 0.5) is 0 Å². The molecule has 1 aliphatic carbocycles. The number of aromatic nitrogens is 1. The summed E-state index contributed by atoms with van der Waals surface area (Å²) in [6.45, 7) is 0. The summed E-state index contributed by atoms with van der Waals surface area (Å²) in [5.41, 5.74) is 0.679. The Labute approximate surface area is 77.1 Å². The molecular weight excluding hydrogens is 166 g/mol. The van der Waals surface area contributed by atoms with E-state index in [1.165, 1.54) is 32.1 Å². The molecule has 1 N–H and O–H groups in total. The van der Waals surface area contributed by atoms with Crippen molar-refractivity contribution in [2.45, 2.75) is 38.5 Å². The fourth-order valence-electron chi connectivity index (χ4n) is 2.10. The fraction of sp³-hybridized carbons (Fsp3) is 0.700. The topological polar surface area (TPSA) is 46.0 Å². The van der Waals surface area contributed by atoms with E-state index in [1.54, 1.807) is 6.07 Å². The van der Waals surface area contributed by atoms with Gasteiger partial charge in [-0.3, -0.25) is 0 Å². The SMILES string of the molecule is O=c1cc(CCC2CCCC2)[nH]o1. The molecular formula is C10H15NO2. The van der Waals surface area contributed by atoms with Crippen molar-refractivity contribution >= 4 is 0 Å². The molecule has 2 rings (SSSR count). The second-order valence-corrected chi connectivity index (χ2v) is 3.88. The maximum absolute atomic E-state index is 10.7. The van der Waals surface area contributed by atoms with Crippen molar-refractivity contribution in [1.82, 2.24) is 5.16 Å². The van der Waals surface area contributed by atoms with Crippen LogP contribution in [-0.2, 0) is 6.42 Å². The first-order chi connectivity index (χ1) is 6.34. The average Bonchev–Trinajstić information content (AvgIpc) is 2.71. The molecule has 1 saturated carbocycles. The van der Waals surface area contributed by atoms with Gasteiger partial charge in [0, 0.05) is 6.07 Å². The molecule has 13 heavy (non-hydrogen) atoms. The Morgan fingerprint density at radius 1 is 1.46 bits per heavy atom. The Balaban J connectivity index is 1.82. The maximum atomic E-state index is 10.7. The summed E-state index contributed by atoms with van der Waals surface area (Å²) in [4.78, 5) is 10.7. The van der Waals surface area contributed by atoms with E-state index in [-0.39, 0.29) is 5.63 Å². The summed E-state index contributed by atoms with van der Waals surface area (Å²) in [7, 11) is 0. The van der Waals surface area contributed by atoms with Gasteiger partial charge in [-0.15, -0.1) is 0 Å². The first-order valence-corrected chi connectivity index (χ1v) is 5.02. The summed E-state index contributed by atoms with van der Waals surface area (Å²) < 4.78 is 4.60. The second kappa shape index (κ2) is 3.81. The lowest BCUT2D eigenvalue weighted by atomic mass is 10.0. The third kappa shape index (κ3) is 2.23. The second-order valence-electron chi connectivity index (χ2n) is 3.88. The monoisotopic (exact) mass is 181 g/mol. The zero-order valence-electron chi connectivity index (χ0n) is 7.71. The van der Waals surface area contributed by atoms with E-state index in [2.05, 4.69) is 9.68 Å². The van der Waals surface area contributed by atoms with Crippen molar-refractivity contribution in [3.05, 3.63) is 22.2 Å². The van der Waals surface area contributed by atoms with Gasteiger partial charge in [0.25, 0.3) is 0 Å². The van der Waals surface area contributed by atoms with Crippen LogP contribution in [0.5, 0.6) is 0 Å². The van der Waals surface area contributed by atoms with Gasteiger partial charge in [0.2, 0.25) is 0 Å². The molecule has 0 atom stereocenters. The molecule has 0 amide bonds. The zero-order chi connectivity index (χ0) is 9.10. The molecule has 1 aromatic rings. The molecule has 72 valence electrons. The van der Waals surface area contributed by atoms with Gasteiger partial charge in [-0.2, -0.15) is 0 Å².